The number of carbonyl (C=O) groups is 2. The zero-order chi connectivity index (χ0) is 19.3. The van der Waals surface area contributed by atoms with Crippen molar-refractivity contribution in [2.75, 3.05) is 5.32 Å². The number of hydrogen-bond acceptors (Lipinski definition) is 4. The molecule has 27 heavy (non-hydrogen) atoms. The quantitative estimate of drug-likeness (QED) is 0.811. The van der Waals surface area contributed by atoms with Crippen LogP contribution in [0, 0.1) is 0 Å². The number of primary amides is 1. The van der Waals surface area contributed by atoms with E-state index in [9.17, 15) is 22.8 Å². The van der Waals surface area contributed by atoms with Crippen LogP contribution in [-0.4, -0.2) is 21.6 Å². The first-order chi connectivity index (χ1) is 12.7. The molecular weight excluding hydrogens is 381 g/mol. The first kappa shape index (κ1) is 18.0. The van der Waals surface area contributed by atoms with Gasteiger partial charge in [0, 0.05) is 16.5 Å². The fraction of sp³-hybridized carbons (Fsp3) is 0.471. The molecule has 0 aromatic carbocycles. The third-order valence-electron chi connectivity index (χ3n) is 4.81. The number of amides is 2. The summed E-state index contributed by atoms with van der Waals surface area (Å²) in [6, 6.07) is 1.01. The van der Waals surface area contributed by atoms with Gasteiger partial charge >= 0.3 is 6.18 Å². The smallest absolute Gasteiger partial charge is 0.365 e. The van der Waals surface area contributed by atoms with Gasteiger partial charge in [0.15, 0.2) is 5.69 Å². The molecule has 2 aliphatic carbocycles. The minimum Gasteiger partial charge on any atom is -0.365 e. The van der Waals surface area contributed by atoms with E-state index in [0.717, 1.165) is 53.3 Å². The summed E-state index contributed by atoms with van der Waals surface area (Å²) in [4.78, 5) is 25.2. The van der Waals surface area contributed by atoms with E-state index in [2.05, 4.69) is 10.4 Å². The molecule has 3 N–H and O–H groups in total. The van der Waals surface area contributed by atoms with Gasteiger partial charge in [-0.2, -0.15) is 18.3 Å². The Morgan fingerprint density at radius 2 is 2.07 bits per heavy atom. The van der Waals surface area contributed by atoms with Gasteiger partial charge in [-0.05, 0) is 43.7 Å². The number of fused-ring (bicyclic) bond motifs is 1. The molecule has 0 spiro atoms. The van der Waals surface area contributed by atoms with Crippen LogP contribution in [0.4, 0.5) is 18.2 Å². The molecule has 2 aliphatic rings. The van der Waals surface area contributed by atoms with Crippen molar-refractivity contribution in [2.45, 2.75) is 50.7 Å². The number of aryl methyl sites for hydroxylation is 1. The van der Waals surface area contributed by atoms with Crippen LogP contribution in [0.2, 0.25) is 0 Å². The number of rotatable bonds is 5. The van der Waals surface area contributed by atoms with Crippen molar-refractivity contribution in [3.8, 4) is 0 Å². The van der Waals surface area contributed by atoms with Crippen LogP contribution >= 0.6 is 11.3 Å². The number of alkyl halides is 3. The van der Waals surface area contributed by atoms with Crippen LogP contribution < -0.4 is 11.1 Å². The molecule has 2 amide bonds. The van der Waals surface area contributed by atoms with Gasteiger partial charge < -0.3 is 11.1 Å². The molecule has 0 atom stereocenters. The highest BCUT2D eigenvalue weighted by Gasteiger charge is 2.38. The number of halogens is 3. The predicted octanol–water partition coefficient (Wildman–Crippen LogP) is 3.07. The van der Waals surface area contributed by atoms with Crippen molar-refractivity contribution < 1.29 is 22.8 Å². The van der Waals surface area contributed by atoms with Gasteiger partial charge in [-0.3, -0.25) is 14.3 Å². The summed E-state index contributed by atoms with van der Waals surface area (Å²) in [5, 5.41) is 6.58. The maximum absolute atomic E-state index is 13.0. The van der Waals surface area contributed by atoms with Gasteiger partial charge in [0.2, 0.25) is 5.91 Å². The molecule has 10 heteroatoms. The first-order valence-electron chi connectivity index (χ1n) is 8.63. The summed E-state index contributed by atoms with van der Waals surface area (Å²) in [7, 11) is 0. The van der Waals surface area contributed by atoms with E-state index in [0.29, 0.717) is 16.3 Å². The van der Waals surface area contributed by atoms with Gasteiger partial charge in [-0.25, -0.2) is 0 Å². The standard InChI is InChI=1S/C17H17F3N4O2S/c18-17(19,20)12-6-10(8-4-5-8)24(23-12)7-13(25)22-16-14(15(21)26)9-2-1-3-11(9)27-16/h6,8H,1-5,7H2,(H2,21,26)(H,22,25). The lowest BCUT2D eigenvalue weighted by Crippen LogP contribution is -2.23. The molecule has 2 heterocycles. The Hall–Kier alpha value is -2.36. The molecule has 2 aromatic rings. The number of aromatic nitrogens is 2. The molecule has 0 aliphatic heterocycles. The number of anilines is 1. The van der Waals surface area contributed by atoms with Crippen molar-refractivity contribution in [1.82, 2.24) is 9.78 Å². The lowest BCUT2D eigenvalue weighted by Gasteiger charge is -2.08. The summed E-state index contributed by atoms with van der Waals surface area (Å²) < 4.78 is 40.0. The van der Waals surface area contributed by atoms with E-state index >= 15 is 0 Å². The largest absolute Gasteiger partial charge is 0.435 e. The topological polar surface area (TPSA) is 90.0 Å². The molecule has 144 valence electrons. The molecular formula is C17H17F3N4O2S. The Morgan fingerprint density at radius 1 is 1.33 bits per heavy atom. The second kappa shape index (κ2) is 6.36. The summed E-state index contributed by atoms with van der Waals surface area (Å²) in [6.07, 6.45) is -0.481. The summed E-state index contributed by atoms with van der Waals surface area (Å²) in [5.41, 5.74) is 6.07. The third kappa shape index (κ3) is 3.45. The van der Waals surface area contributed by atoms with Crippen LogP contribution in [0.3, 0.4) is 0 Å². The Bertz CT molecular complexity index is 927. The normalized spacial score (nSPS) is 16.4. The lowest BCUT2D eigenvalue weighted by molar-refractivity contribution is -0.141. The van der Waals surface area contributed by atoms with E-state index in [1.54, 1.807) is 0 Å². The fourth-order valence-electron chi connectivity index (χ4n) is 3.46. The highest BCUT2D eigenvalue weighted by Crippen LogP contribution is 2.42. The van der Waals surface area contributed by atoms with Crippen LogP contribution in [-0.2, 0) is 30.4 Å². The Morgan fingerprint density at radius 3 is 2.70 bits per heavy atom. The van der Waals surface area contributed by atoms with Gasteiger partial charge in [0.25, 0.3) is 5.91 Å². The summed E-state index contributed by atoms with van der Waals surface area (Å²) in [6.45, 7) is -0.345. The Labute approximate surface area is 156 Å². The van der Waals surface area contributed by atoms with Gasteiger partial charge in [-0.15, -0.1) is 11.3 Å². The van der Waals surface area contributed by atoms with E-state index in [4.69, 9.17) is 5.73 Å². The monoisotopic (exact) mass is 398 g/mol. The van der Waals surface area contributed by atoms with Gasteiger partial charge in [-0.1, -0.05) is 0 Å². The SMILES string of the molecule is NC(=O)c1c(NC(=O)Cn2nc(C(F)(F)F)cc2C2CC2)sc2c1CCC2. The molecule has 0 unspecified atom stereocenters. The third-order valence-corrected chi connectivity index (χ3v) is 6.02. The summed E-state index contributed by atoms with van der Waals surface area (Å²) >= 11 is 1.31. The molecule has 4 rings (SSSR count). The predicted molar refractivity (Wildman–Crippen MR) is 92.7 cm³/mol. The number of nitrogens with two attached hydrogens (primary N) is 1. The average molecular weight is 398 g/mol. The van der Waals surface area contributed by atoms with Crippen LogP contribution in [0.15, 0.2) is 6.07 Å². The molecule has 6 nitrogen and oxygen atoms in total. The number of nitrogens with one attached hydrogen (secondary N) is 1. The van der Waals surface area contributed by atoms with Crippen LogP contribution in [0.5, 0.6) is 0 Å². The zero-order valence-corrected chi connectivity index (χ0v) is 15.0. The molecule has 0 bridgehead atoms. The maximum Gasteiger partial charge on any atom is 0.435 e. The van der Waals surface area contributed by atoms with Crippen molar-refractivity contribution in [2.24, 2.45) is 5.73 Å². The highest BCUT2D eigenvalue weighted by molar-refractivity contribution is 7.17. The van der Waals surface area contributed by atoms with Crippen molar-refractivity contribution >= 4 is 28.2 Å². The average Bonchev–Trinajstić information content (AvgIpc) is 2.98. The van der Waals surface area contributed by atoms with Crippen molar-refractivity contribution in [3.63, 3.8) is 0 Å². The van der Waals surface area contributed by atoms with Crippen LogP contribution in [0.1, 0.15) is 57.4 Å². The first-order valence-corrected chi connectivity index (χ1v) is 9.45. The van der Waals surface area contributed by atoms with E-state index in [-0.39, 0.29) is 12.5 Å². The van der Waals surface area contributed by atoms with Gasteiger partial charge in [0.05, 0.1) is 5.56 Å². The minimum absolute atomic E-state index is 0.00752. The van der Waals surface area contributed by atoms with E-state index in [1.165, 1.54) is 11.3 Å². The van der Waals surface area contributed by atoms with Crippen molar-refractivity contribution in [3.05, 3.63) is 33.5 Å². The lowest BCUT2D eigenvalue weighted by atomic mass is 10.1. The molecule has 1 fully saturated rings. The second-order valence-corrected chi connectivity index (χ2v) is 7.96. The number of carbonyl (C=O) groups excluding carboxylic acids is 2. The number of nitrogens with zero attached hydrogens (tertiary/aromatic N) is 2. The second-order valence-electron chi connectivity index (χ2n) is 6.86. The molecule has 1 saturated carbocycles. The Balaban J connectivity index is 1.56. The van der Waals surface area contributed by atoms with E-state index < -0.39 is 23.7 Å². The van der Waals surface area contributed by atoms with Gasteiger partial charge in [0.1, 0.15) is 11.5 Å². The van der Waals surface area contributed by atoms with Crippen LogP contribution in [0.25, 0.3) is 0 Å². The maximum atomic E-state index is 13.0. The fourth-order valence-corrected chi connectivity index (χ4v) is 4.77. The van der Waals surface area contributed by atoms with E-state index in [1.807, 2.05) is 0 Å². The minimum atomic E-state index is -4.56. The Kier molecular flexibility index (Phi) is 4.25. The molecule has 0 radical (unpaired) electrons. The number of thiophene rings is 1. The highest BCUT2D eigenvalue weighted by atomic mass is 32.1. The molecule has 2 aromatic heterocycles. The van der Waals surface area contributed by atoms with Crippen molar-refractivity contribution in [1.29, 1.82) is 0 Å². The number of hydrogen-bond donors (Lipinski definition) is 2. The summed E-state index contributed by atoms with van der Waals surface area (Å²) in [5.74, 6) is -1.13. The molecule has 0 saturated heterocycles. The zero-order valence-electron chi connectivity index (χ0n) is 14.2.